The third kappa shape index (κ3) is 4.77. The highest BCUT2D eigenvalue weighted by molar-refractivity contribution is 8.01. The molecule has 0 heterocycles. The third-order valence-electron chi connectivity index (χ3n) is 1.48. The molecule has 0 spiro atoms. The molecule has 0 saturated carbocycles. The summed E-state index contributed by atoms with van der Waals surface area (Å²) in [6.07, 6.45) is 0. The minimum atomic E-state index is -0.888. The van der Waals surface area contributed by atoms with Gasteiger partial charge in [-0.05, 0) is 20.8 Å². The van der Waals surface area contributed by atoms with Gasteiger partial charge in [0.1, 0.15) is 5.25 Å². The van der Waals surface area contributed by atoms with Crippen molar-refractivity contribution >= 4 is 23.6 Å². The van der Waals surface area contributed by atoms with Crippen molar-refractivity contribution in [1.82, 2.24) is 5.32 Å². The Morgan fingerprint density at radius 2 is 1.92 bits per heavy atom. The second kappa shape index (κ2) is 5.85. The molecule has 5 heteroatoms. The van der Waals surface area contributed by atoms with E-state index in [-0.39, 0.29) is 11.2 Å². The maximum Gasteiger partial charge on any atom is 0.316 e. The molecule has 13 heavy (non-hydrogen) atoms. The van der Waals surface area contributed by atoms with Crippen molar-refractivity contribution in [2.75, 3.05) is 6.54 Å². The SMILES string of the molecule is CCNC(=O)[C@H](C)S[C@@H](C)C(=O)O. The van der Waals surface area contributed by atoms with E-state index in [0.717, 1.165) is 11.8 Å². The van der Waals surface area contributed by atoms with E-state index >= 15 is 0 Å². The van der Waals surface area contributed by atoms with Crippen LogP contribution in [0.2, 0.25) is 0 Å². The van der Waals surface area contributed by atoms with Crippen LogP contribution in [0, 0.1) is 0 Å². The zero-order chi connectivity index (χ0) is 10.4. The van der Waals surface area contributed by atoms with E-state index in [0.29, 0.717) is 6.54 Å². The Hall–Kier alpha value is -0.710. The van der Waals surface area contributed by atoms with Crippen LogP contribution in [0.4, 0.5) is 0 Å². The van der Waals surface area contributed by atoms with Crippen molar-refractivity contribution in [2.45, 2.75) is 31.3 Å². The van der Waals surface area contributed by atoms with Gasteiger partial charge in [0.25, 0.3) is 0 Å². The minimum Gasteiger partial charge on any atom is -0.480 e. The van der Waals surface area contributed by atoms with Gasteiger partial charge in [0.05, 0.1) is 5.25 Å². The molecule has 0 aliphatic carbocycles. The number of nitrogens with one attached hydrogen (secondary N) is 1. The fraction of sp³-hybridized carbons (Fsp3) is 0.750. The molecule has 2 atom stereocenters. The number of aliphatic carboxylic acids is 1. The standard InChI is InChI=1S/C8H15NO3S/c1-4-9-7(10)5(2)13-6(3)8(11)12/h5-6H,4H2,1-3H3,(H,9,10)(H,11,12)/t5-,6-/m0/s1. The average Bonchev–Trinajstić information content (AvgIpc) is 2.04. The number of hydrogen-bond acceptors (Lipinski definition) is 3. The Balaban J connectivity index is 3.92. The maximum absolute atomic E-state index is 11.2. The molecular weight excluding hydrogens is 190 g/mol. The number of carbonyl (C=O) groups is 2. The van der Waals surface area contributed by atoms with E-state index in [1.165, 1.54) is 0 Å². The summed E-state index contributed by atoms with van der Waals surface area (Å²) >= 11 is 1.14. The lowest BCUT2D eigenvalue weighted by Gasteiger charge is -2.13. The van der Waals surface area contributed by atoms with Crippen LogP contribution >= 0.6 is 11.8 Å². The summed E-state index contributed by atoms with van der Waals surface area (Å²) in [6, 6.07) is 0. The van der Waals surface area contributed by atoms with Gasteiger partial charge in [-0.3, -0.25) is 9.59 Å². The average molecular weight is 205 g/mol. The molecule has 0 aliphatic heterocycles. The van der Waals surface area contributed by atoms with Gasteiger partial charge in [0.2, 0.25) is 5.91 Å². The van der Waals surface area contributed by atoms with Crippen molar-refractivity contribution in [3.8, 4) is 0 Å². The Morgan fingerprint density at radius 1 is 1.38 bits per heavy atom. The summed E-state index contributed by atoms with van der Waals surface area (Å²) in [5.74, 6) is -0.998. The summed E-state index contributed by atoms with van der Waals surface area (Å²) in [5.41, 5.74) is 0. The van der Waals surface area contributed by atoms with E-state index in [1.807, 2.05) is 6.92 Å². The van der Waals surface area contributed by atoms with Crippen LogP contribution < -0.4 is 5.32 Å². The highest BCUT2D eigenvalue weighted by Gasteiger charge is 2.20. The van der Waals surface area contributed by atoms with Gasteiger partial charge in [-0.25, -0.2) is 0 Å². The van der Waals surface area contributed by atoms with Gasteiger partial charge in [0.15, 0.2) is 0 Å². The van der Waals surface area contributed by atoms with Gasteiger partial charge < -0.3 is 10.4 Å². The first kappa shape index (κ1) is 12.3. The lowest BCUT2D eigenvalue weighted by atomic mass is 10.4. The number of carboxylic acids is 1. The summed E-state index contributed by atoms with van der Waals surface area (Å²) in [4.78, 5) is 21.6. The normalized spacial score (nSPS) is 14.7. The largest absolute Gasteiger partial charge is 0.480 e. The van der Waals surface area contributed by atoms with Crippen LogP contribution in [-0.2, 0) is 9.59 Å². The predicted molar refractivity (Wildman–Crippen MR) is 52.8 cm³/mol. The summed E-state index contributed by atoms with van der Waals surface area (Å²) in [7, 11) is 0. The lowest BCUT2D eigenvalue weighted by molar-refractivity contribution is -0.136. The van der Waals surface area contributed by atoms with Crippen molar-refractivity contribution in [3.63, 3.8) is 0 Å². The number of thioether (sulfide) groups is 1. The highest BCUT2D eigenvalue weighted by atomic mass is 32.2. The maximum atomic E-state index is 11.2. The quantitative estimate of drug-likeness (QED) is 0.694. The molecule has 0 saturated heterocycles. The molecule has 0 bridgehead atoms. The van der Waals surface area contributed by atoms with Crippen molar-refractivity contribution < 1.29 is 14.7 Å². The van der Waals surface area contributed by atoms with E-state index in [1.54, 1.807) is 13.8 Å². The molecular formula is C8H15NO3S. The molecule has 0 unspecified atom stereocenters. The first-order valence-corrected chi connectivity index (χ1v) is 5.09. The Bertz CT molecular complexity index is 196. The van der Waals surface area contributed by atoms with E-state index in [2.05, 4.69) is 5.32 Å². The Morgan fingerprint density at radius 3 is 2.31 bits per heavy atom. The number of rotatable bonds is 5. The molecule has 4 nitrogen and oxygen atoms in total. The number of amides is 1. The van der Waals surface area contributed by atoms with E-state index < -0.39 is 11.2 Å². The molecule has 0 aliphatic rings. The van der Waals surface area contributed by atoms with Crippen LogP contribution in [0.5, 0.6) is 0 Å². The predicted octanol–water partition coefficient (Wildman–Crippen LogP) is 0.717. The molecule has 0 aromatic rings. The summed E-state index contributed by atoms with van der Waals surface area (Å²) in [5, 5.41) is 10.4. The highest BCUT2D eigenvalue weighted by Crippen LogP contribution is 2.17. The molecule has 0 aromatic heterocycles. The Kier molecular flexibility index (Phi) is 5.53. The third-order valence-corrected chi connectivity index (χ3v) is 2.71. The van der Waals surface area contributed by atoms with E-state index in [9.17, 15) is 9.59 Å². The second-order valence-corrected chi connectivity index (χ2v) is 4.34. The summed E-state index contributed by atoms with van der Waals surface area (Å²) < 4.78 is 0. The first-order valence-electron chi connectivity index (χ1n) is 4.15. The van der Waals surface area contributed by atoms with Crippen molar-refractivity contribution in [3.05, 3.63) is 0 Å². The molecule has 2 N–H and O–H groups in total. The van der Waals surface area contributed by atoms with Crippen LogP contribution in [0.3, 0.4) is 0 Å². The lowest BCUT2D eigenvalue weighted by Crippen LogP contribution is -2.32. The van der Waals surface area contributed by atoms with Gasteiger partial charge in [-0.15, -0.1) is 11.8 Å². The number of carbonyl (C=O) groups excluding carboxylic acids is 1. The summed E-state index contributed by atoms with van der Waals surface area (Å²) in [6.45, 7) is 5.68. The number of carboxylic acid groups (broad SMARTS) is 1. The minimum absolute atomic E-state index is 0.111. The number of hydrogen-bond donors (Lipinski definition) is 2. The Labute approximate surface area is 82.1 Å². The van der Waals surface area contributed by atoms with Gasteiger partial charge in [-0.1, -0.05) is 0 Å². The van der Waals surface area contributed by atoms with Crippen LogP contribution in [-0.4, -0.2) is 34.0 Å². The van der Waals surface area contributed by atoms with Gasteiger partial charge >= 0.3 is 5.97 Å². The molecule has 0 fully saturated rings. The van der Waals surface area contributed by atoms with E-state index in [4.69, 9.17) is 5.11 Å². The van der Waals surface area contributed by atoms with Crippen molar-refractivity contribution in [2.24, 2.45) is 0 Å². The van der Waals surface area contributed by atoms with Gasteiger partial charge in [-0.2, -0.15) is 0 Å². The molecule has 0 rings (SSSR count). The fourth-order valence-corrected chi connectivity index (χ4v) is 1.68. The smallest absolute Gasteiger partial charge is 0.316 e. The fourth-order valence-electron chi connectivity index (χ4n) is 0.744. The van der Waals surface area contributed by atoms with Crippen LogP contribution in [0.1, 0.15) is 20.8 Å². The second-order valence-electron chi connectivity index (χ2n) is 2.65. The zero-order valence-electron chi connectivity index (χ0n) is 8.03. The molecule has 0 aromatic carbocycles. The topological polar surface area (TPSA) is 66.4 Å². The first-order chi connectivity index (χ1) is 5.99. The zero-order valence-corrected chi connectivity index (χ0v) is 8.85. The van der Waals surface area contributed by atoms with Crippen LogP contribution in [0.15, 0.2) is 0 Å². The van der Waals surface area contributed by atoms with Gasteiger partial charge in [0, 0.05) is 6.54 Å². The molecule has 1 amide bonds. The monoisotopic (exact) mass is 205 g/mol. The molecule has 76 valence electrons. The molecule has 0 radical (unpaired) electrons. The van der Waals surface area contributed by atoms with Crippen LogP contribution in [0.25, 0.3) is 0 Å². The van der Waals surface area contributed by atoms with Crippen molar-refractivity contribution in [1.29, 1.82) is 0 Å².